The van der Waals surface area contributed by atoms with Crippen molar-refractivity contribution in [1.82, 2.24) is 0 Å². The minimum atomic E-state index is -1.57. The van der Waals surface area contributed by atoms with E-state index in [0.717, 1.165) is 30.9 Å². The molecule has 0 spiro atoms. The Morgan fingerprint density at radius 2 is 1.59 bits per heavy atom. The fourth-order valence-corrected chi connectivity index (χ4v) is 3.39. The number of rotatable bonds is 12. The molecule has 0 saturated carbocycles. The van der Waals surface area contributed by atoms with Crippen LogP contribution in [0.3, 0.4) is 0 Å². The lowest BCUT2D eigenvalue weighted by Crippen LogP contribution is -2.40. The highest BCUT2D eigenvalue weighted by Gasteiger charge is 2.36. The van der Waals surface area contributed by atoms with Gasteiger partial charge in [-0.25, -0.2) is 0 Å². The lowest BCUT2D eigenvalue weighted by molar-refractivity contribution is 0.283. The van der Waals surface area contributed by atoms with Crippen LogP contribution in [0.5, 0.6) is 0 Å². The Morgan fingerprint density at radius 3 is 2.18 bits per heavy atom. The fraction of sp³-hybridized carbons (Fsp3) is 0.895. The summed E-state index contributed by atoms with van der Waals surface area (Å²) in [5, 5.41) is 1.35. The van der Waals surface area contributed by atoms with E-state index >= 15 is 0 Å². The van der Waals surface area contributed by atoms with Crippen LogP contribution >= 0.6 is 11.6 Å². The topological polar surface area (TPSA) is 9.23 Å². The zero-order chi connectivity index (χ0) is 17.1. The average molecular weight is 347 g/mol. The minimum Gasteiger partial charge on any atom is -0.417 e. The van der Waals surface area contributed by atoms with Gasteiger partial charge in [0.1, 0.15) is 0 Å². The molecule has 0 aromatic carbocycles. The van der Waals surface area contributed by atoms with Crippen molar-refractivity contribution in [2.24, 2.45) is 0 Å². The quantitative estimate of drug-likeness (QED) is 0.260. The van der Waals surface area contributed by atoms with Gasteiger partial charge in [0.15, 0.2) is 8.32 Å². The van der Waals surface area contributed by atoms with Crippen LogP contribution < -0.4 is 0 Å². The molecule has 22 heavy (non-hydrogen) atoms. The SMILES string of the molecule is CCCCCCCC/C(Cl)=C/CCCO[Si](C)(C)C(C)(C)C. The molecule has 0 atom stereocenters. The molecule has 0 bridgehead atoms. The van der Waals surface area contributed by atoms with E-state index in [1.54, 1.807) is 0 Å². The summed E-state index contributed by atoms with van der Waals surface area (Å²) in [6, 6.07) is 0. The Hall–Kier alpha value is 0.207. The van der Waals surface area contributed by atoms with Crippen molar-refractivity contribution in [3.8, 4) is 0 Å². The van der Waals surface area contributed by atoms with Crippen molar-refractivity contribution in [2.75, 3.05) is 6.61 Å². The molecule has 3 heteroatoms. The van der Waals surface area contributed by atoms with Crippen LogP contribution in [0.25, 0.3) is 0 Å². The van der Waals surface area contributed by atoms with Gasteiger partial charge in [-0.1, -0.05) is 77.5 Å². The Bertz CT molecular complexity index is 305. The predicted molar refractivity (Wildman–Crippen MR) is 104 cm³/mol. The highest BCUT2D eigenvalue weighted by Crippen LogP contribution is 2.36. The normalized spacial score (nSPS) is 13.7. The first-order chi connectivity index (χ1) is 10.2. The minimum absolute atomic E-state index is 0.304. The van der Waals surface area contributed by atoms with E-state index in [-0.39, 0.29) is 0 Å². The molecule has 0 aliphatic heterocycles. The van der Waals surface area contributed by atoms with Gasteiger partial charge in [-0.05, 0) is 43.8 Å². The van der Waals surface area contributed by atoms with Gasteiger partial charge in [0.2, 0.25) is 0 Å². The molecule has 0 aromatic rings. The van der Waals surface area contributed by atoms with Gasteiger partial charge in [-0.2, -0.15) is 0 Å². The summed E-state index contributed by atoms with van der Waals surface area (Å²) in [7, 11) is -1.57. The molecule has 0 saturated heterocycles. The van der Waals surface area contributed by atoms with Crippen molar-refractivity contribution in [2.45, 2.75) is 104 Å². The molecule has 132 valence electrons. The van der Waals surface area contributed by atoms with E-state index in [2.05, 4.69) is 46.9 Å². The van der Waals surface area contributed by atoms with Crippen LogP contribution in [-0.4, -0.2) is 14.9 Å². The smallest absolute Gasteiger partial charge is 0.191 e. The molecular weight excluding hydrogens is 308 g/mol. The summed E-state index contributed by atoms with van der Waals surface area (Å²) < 4.78 is 6.18. The highest BCUT2D eigenvalue weighted by molar-refractivity contribution is 6.74. The van der Waals surface area contributed by atoms with Crippen LogP contribution in [-0.2, 0) is 4.43 Å². The number of hydrogen-bond acceptors (Lipinski definition) is 1. The van der Waals surface area contributed by atoms with E-state index in [0.29, 0.717) is 5.04 Å². The zero-order valence-electron chi connectivity index (χ0n) is 15.9. The maximum atomic E-state index is 6.29. The summed E-state index contributed by atoms with van der Waals surface area (Å²) in [5.74, 6) is 0. The zero-order valence-corrected chi connectivity index (χ0v) is 17.7. The summed E-state index contributed by atoms with van der Waals surface area (Å²) >= 11 is 6.29. The summed E-state index contributed by atoms with van der Waals surface area (Å²) in [5.41, 5.74) is 0. The van der Waals surface area contributed by atoms with Crippen LogP contribution in [0.1, 0.15) is 85.5 Å². The van der Waals surface area contributed by atoms with Crippen LogP contribution in [0, 0.1) is 0 Å². The molecule has 0 fully saturated rings. The molecular formula is C19H39ClOSi. The van der Waals surface area contributed by atoms with Crippen LogP contribution in [0.15, 0.2) is 11.1 Å². The highest BCUT2D eigenvalue weighted by atomic mass is 35.5. The second-order valence-corrected chi connectivity index (χ2v) is 13.2. The van der Waals surface area contributed by atoms with Crippen molar-refractivity contribution in [3.63, 3.8) is 0 Å². The first-order valence-corrected chi connectivity index (χ1v) is 12.5. The number of unbranched alkanes of at least 4 members (excludes halogenated alkanes) is 6. The van der Waals surface area contributed by atoms with Gasteiger partial charge in [0, 0.05) is 11.6 Å². The van der Waals surface area contributed by atoms with E-state index in [4.69, 9.17) is 16.0 Å². The Balaban J connectivity index is 3.68. The standard InChI is InChI=1S/C19H39ClOSi/c1-7-8-9-10-11-12-15-18(20)16-13-14-17-21-22(5,6)19(2,3)4/h16H,7-15,17H2,1-6H3/b18-16-. The lowest BCUT2D eigenvalue weighted by atomic mass is 10.1. The first-order valence-electron chi connectivity index (χ1n) is 9.19. The van der Waals surface area contributed by atoms with Crippen molar-refractivity contribution in [3.05, 3.63) is 11.1 Å². The van der Waals surface area contributed by atoms with Crippen LogP contribution in [0.4, 0.5) is 0 Å². The third-order valence-electron chi connectivity index (χ3n) is 4.75. The van der Waals surface area contributed by atoms with E-state index in [9.17, 15) is 0 Å². The third-order valence-corrected chi connectivity index (χ3v) is 9.63. The van der Waals surface area contributed by atoms with E-state index < -0.39 is 8.32 Å². The van der Waals surface area contributed by atoms with Gasteiger partial charge in [0.25, 0.3) is 0 Å². The van der Waals surface area contributed by atoms with Gasteiger partial charge < -0.3 is 4.43 Å². The Kier molecular flexibility index (Phi) is 11.8. The predicted octanol–water partition coefficient (Wildman–Crippen LogP) is 7.66. The number of halogens is 1. The monoisotopic (exact) mass is 346 g/mol. The second kappa shape index (κ2) is 11.7. The van der Waals surface area contributed by atoms with E-state index in [1.165, 1.54) is 38.5 Å². The maximum absolute atomic E-state index is 6.29. The third kappa shape index (κ3) is 10.9. The van der Waals surface area contributed by atoms with Gasteiger partial charge >= 0.3 is 0 Å². The van der Waals surface area contributed by atoms with Crippen molar-refractivity contribution < 1.29 is 4.43 Å². The Labute approximate surface area is 146 Å². The summed E-state index contributed by atoms with van der Waals surface area (Å²) in [4.78, 5) is 0. The van der Waals surface area contributed by atoms with E-state index in [1.807, 2.05) is 0 Å². The molecule has 0 N–H and O–H groups in total. The van der Waals surface area contributed by atoms with Gasteiger partial charge in [-0.15, -0.1) is 0 Å². The molecule has 1 nitrogen and oxygen atoms in total. The van der Waals surface area contributed by atoms with Crippen molar-refractivity contribution >= 4 is 19.9 Å². The molecule has 0 rings (SSSR count). The first kappa shape index (κ1) is 22.2. The molecule has 0 unspecified atom stereocenters. The summed E-state index contributed by atoms with van der Waals surface area (Å²) in [6.07, 6.45) is 13.4. The molecule has 0 amide bonds. The number of hydrogen-bond donors (Lipinski definition) is 0. The fourth-order valence-electron chi connectivity index (χ4n) is 2.06. The van der Waals surface area contributed by atoms with Gasteiger partial charge in [-0.3, -0.25) is 0 Å². The lowest BCUT2D eigenvalue weighted by Gasteiger charge is -2.36. The molecule has 0 heterocycles. The largest absolute Gasteiger partial charge is 0.417 e. The summed E-state index contributed by atoms with van der Waals surface area (Å²) in [6.45, 7) is 14.6. The van der Waals surface area contributed by atoms with Crippen LogP contribution in [0.2, 0.25) is 18.1 Å². The Morgan fingerprint density at radius 1 is 1.00 bits per heavy atom. The molecule has 0 aliphatic rings. The maximum Gasteiger partial charge on any atom is 0.191 e. The molecule has 0 aliphatic carbocycles. The molecule has 0 radical (unpaired) electrons. The van der Waals surface area contributed by atoms with Crippen molar-refractivity contribution in [1.29, 1.82) is 0 Å². The number of allylic oxidation sites excluding steroid dienone is 2. The van der Waals surface area contributed by atoms with Gasteiger partial charge in [0.05, 0.1) is 0 Å². The average Bonchev–Trinajstić information content (AvgIpc) is 2.41. The molecule has 0 aromatic heterocycles. The second-order valence-electron chi connectivity index (χ2n) is 7.92.